The number of nitrogens with zero attached hydrogens (tertiary/aromatic N) is 5. The molecule has 0 unspecified atom stereocenters. The van der Waals surface area contributed by atoms with Gasteiger partial charge in [0.15, 0.2) is 5.17 Å². The van der Waals surface area contributed by atoms with Crippen LogP contribution in [-0.2, 0) is 19.8 Å². The van der Waals surface area contributed by atoms with Gasteiger partial charge in [-0.2, -0.15) is 9.65 Å². The Morgan fingerprint density at radius 2 is 1.96 bits per heavy atom. The third-order valence-corrected chi connectivity index (χ3v) is 11.1. The number of aromatic nitrogens is 2. The Labute approximate surface area is 288 Å². The van der Waals surface area contributed by atoms with Crippen LogP contribution in [0.2, 0.25) is 25.7 Å². The van der Waals surface area contributed by atoms with Gasteiger partial charge in [0.1, 0.15) is 29.0 Å². The number of alkyl halides is 2. The van der Waals surface area contributed by atoms with E-state index < -0.39 is 66.6 Å². The quantitative estimate of drug-likeness (QED) is 0.0867. The third kappa shape index (κ3) is 9.25. The third-order valence-electron chi connectivity index (χ3n) is 7.89. The second-order valence-corrected chi connectivity index (χ2v) is 21.2. The van der Waals surface area contributed by atoms with E-state index in [1.807, 2.05) is 6.07 Å². The van der Waals surface area contributed by atoms with Crippen molar-refractivity contribution in [2.75, 3.05) is 19.9 Å². The van der Waals surface area contributed by atoms with Crippen LogP contribution in [0.5, 0.6) is 0 Å². The van der Waals surface area contributed by atoms with Crippen molar-refractivity contribution in [1.29, 1.82) is 5.26 Å². The number of carbonyl (C=O) groups excluding carboxylic acids is 2. The number of carbonyl (C=O) groups is 2. The Hall–Kier alpha value is -3.81. The van der Waals surface area contributed by atoms with E-state index in [9.17, 15) is 18.4 Å². The maximum Gasteiger partial charge on any atom is 0.418 e. The van der Waals surface area contributed by atoms with Crippen molar-refractivity contribution in [3.8, 4) is 6.07 Å². The van der Waals surface area contributed by atoms with Crippen LogP contribution in [0.15, 0.2) is 35.6 Å². The smallest absolute Gasteiger partial charge is 0.418 e. The van der Waals surface area contributed by atoms with Gasteiger partial charge in [0, 0.05) is 38.6 Å². The molecule has 264 valence electrons. The highest BCUT2D eigenvalue weighted by molar-refractivity contribution is 8.16. The zero-order valence-corrected chi connectivity index (χ0v) is 30.3. The number of hydrogen-bond donors (Lipinski definition) is 1. The van der Waals surface area contributed by atoms with Crippen molar-refractivity contribution in [3.63, 3.8) is 0 Å². The van der Waals surface area contributed by atoms with Gasteiger partial charge in [-0.05, 0) is 70.0 Å². The Bertz CT molecular complexity index is 1670. The van der Waals surface area contributed by atoms with Crippen LogP contribution in [0.4, 0.5) is 22.4 Å². The Morgan fingerprint density at radius 3 is 2.55 bits per heavy atom. The molecule has 2 aromatic heterocycles. The highest BCUT2D eigenvalue weighted by atomic mass is 32.2. The number of nitriles is 1. The minimum Gasteiger partial charge on any atom is -0.443 e. The van der Waals surface area contributed by atoms with Gasteiger partial charge in [0.05, 0.1) is 23.3 Å². The van der Waals surface area contributed by atoms with Crippen LogP contribution in [0.25, 0.3) is 11.9 Å². The van der Waals surface area contributed by atoms with Gasteiger partial charge in [0.2, 0.25) is 11.9 Å². The number of rotatable bonds is 11. The lowest BCUT2D eigenvalue weighted by Crippen LogP contribution is -2.49. The minimum absolute atomic E-state index is 0.0287. The molecular formula is C33H40F4N6O4SSi. The number of halogens is 4. The standard InChI is InChI=1S/C33H40F4N6O4SSi/c1-31(2,3)47-30(45)43(19-46-10-11-49(5,6)7)29-42-32(4,25-14-33(25,48-29)28(44)41-18-26(35)36)22-12-21(17-40-27(22)37)13-23(34)24-9-8-20(15-38)16-39-24/h8-9,12-13,16-17,25-26H,10-11,14,18-19H2,1-7H3,(H,41,44)/b23-13-/t25-,32+,33-/m0/s1. The second kappa shape index (κ2) is 14.6. The van der Waals surface area contributed by atoms with E-state index in [2.05, 4.69) is 34.9 Å². The van der Waals surface area contributed by atoms with Crippen LogP contribution in [0, 0.1) is 23.2 Å². The molecule has 1 aliphatic carbocycles. The van der Waals surface area contributed by atoms with Gasteiger partial charge >= 0.3 is 6.09 Å². The normalized spacial score (nSPS) is 22.1. The number of pyridine rings is 2. The van der Waals surface area contributed by atoms with E-state index in [-0.39, 0.29) is 40.7 Å². The summed E-state index contributed by atoms with van der Waals surface area (Å²) in [6, 6.07) is 6.76. The molecule has 2 amide bonds. The lowest BCUT2D eigenvalue weighted by Gasteiger charge is -2.37. The number of amidine groups is 1. The summed E-state index contributed by atoms with van der Waals surface area (Å²) in [5, 5.41) is 11.3. The molecule has 0 spiro atoms. The summed E-state index contributed by atoms with van der Waals surface area (Å²) < 4.78 is 67.4. The molecule has 3 atom stereocenters. The molecule has 1 saturated carbocycles. The second-order valence-electron chi connectivity index (χ2n) is 14.3. The average molecular weight is 721 g/mol. The minimum atomic E-state index is -2.81. The molecule has 4 rings (SSSR count). The average Bonchev–Trinajstić information content (AvgIpc) is 3.76. The zero-order valence-electron chi connectivity index (χ0n) is 28.4. The van der Waals surface area contributed by atoms with E-state index in [4.69, 9.17) is 19.7 Å². The van der Waals surface area contributed by atoms with Gasteiger partial charge in [0.25, 0.3) is 6.43 Å². The van der Waals surface area contributed by atoms with E-state index in [0.29, 0.717) is 6.61 Å². The summed E-state index contributed by atoms with van der Waals surface area (Å²) in [6.07, 6.45) is -0.117. The lowest BCUT2D eigenvalue weighted by molar-refractivity contribution is -0.122. The highest BCUT2D eigenvalue weighted by Gasteiger charge is 2.71. The number of ether oxygens (including phenoxy) is 2. The van der Waals surface area contributed by atoms with Gasteiger partial charge in [-0.3, -0.25) is 14.8 Å². The predicted molar refractivity (Wildman–Crippen MR) is 181 cm³/mol. The maximum atomic E-state index is 15.7. The first kappa shape index (κ1) is 38.0. The summed E-state index contributed by atoms with van der Waals surface area (Å²) in [4.78, 5) is 40.9. The van der Waals surface area contributed by atoms with Crippen LogP contribution in [-0.4, -0.2) is 76.8 Å². The summed E-state index contributed by atoms with van der Waals surface area (Å²) in [7, 11) is -1.51. The highest BCUT2D eigenvalue weighted by Crippen LogP contribution is 2.66. The largest absolute Gasteiger partial charge is 0.443 e. The molecule has 2 aromatic rings. The molecule has 2 aliphatic rings. The fourth-order valence-corrected chi connectivity index (χ4v) is 7.55. The maximum absolute atomic E-state index is 15.7. The van der Waals surface area contributed by atoms with Crippen molar-refractivity contribution in [3.05, 3.63) is 58.9 Å². The summed E-state index contributed by atoms with van der Waals surface area (Å²) >= 11 is 0.912. The lowest BCUT2D eigenvalue weighted by atomic mass is 9.86. The number of hydrogen-bond acceptors (Lipinski definition) is 9. The molecule has 0 radical (unpaired) electrons. The summed E-state index contributed by atoms with van der Waals surface area (Å²) in [6.45, 7) is 12.2. The van der Waals surface area contributed by atoms with E-state index >= 15 is 8.78 Å². The molecule has 49 heavy (non-hydrogen) atoms. The van der Waals surface area contributed by atoms with Crippen LogP contribution in [0.1, 0.15) is 56.5 Å². The monoisotopic (exact) mass is 720 g/mol. The molecule has 1 aliphatic heterocycles. The van der Waals surface area contributed by atoms with Gasteiger partial charge < -0.3 is 14.8 Å². The fraction of sp³-hybridized carbons (Fsp3) is 0.515. The molecule has 10 nitrogen and oxygen atoms in total. The zero-order chi connectivity index (χ0) is 36.4. The number of amides is 2. The van der Waals surface area contributed by atoms with Crippen LogP contribution in [0.3, 0.4) is 0 Å². The molecule has 1 N–H and O–H groups in total. The topological polar surface area (TPSA) is 130 Å². The Kier molecular flexibility index (Phi) is 11.3. The predicted octanol–water partition coefficient (Wildman–Crippen LogP) is 6.96. The molecule has 0 aromatic carbocycles. The fourth-order valence-electron chi connectivity index (χ4n) is 5.21. The number of nitrogens with one attached hydrogen (secondary N) is 1. The van der Waals surface area contributed by atoms with Crippen molar-refractivity contribution in [1.82, 2.24) is 20.2 Å². The molecule has 0 bridgehead atoms. The summed E-state index contributed by atoms with van der Waals surface area (Å²) in [5.74, 6) is -3.15. The van der Waals surface area contributed by atoms with Crippen molar-refractivity contribution in [2.45, 2.75) is 82.1 Å². The van der Waals surface area contributed by atoms with E-state index in [1.165, 1.54) is 24.4 Å². The van der Waals surface area contributed by atoms with E-state index in [0.717, 1.165) is 35.0 Å². The van der Waals surface area contributed by atoms with Crippen molar-refractivity contribution >= 4 is 48.9 Å². The van der Waals surface area contributed by atoms with Crippen LogP contribution >= 0.6 is 11.8 Å². The van der Waals surface area contributed by atoms with Crippen molar-refractivity contribution in [2.24, 2.45) is 10.9 Å². The number of thioether (sulfide) groups is 1. The van der Waals surface area contributed by atoms with Crippen LogP contribution < -0.4 is 5.32 Å². The SMILES string of the molecule is CC(C)(C)OC(=O)N(COCC[Si](C)(C)C)C1=N[C@](C)(c2cc(/C=C(\F)c3ccc(C#N)cn3)cnc2F)[C@@H]2C[C@]2(C(=O)NCC(F)F)S1. The van der Waals surface area contributed by atoms with Gasteiger partial charge in [-0.1, -0.05) is 31.4 Å². The number of aliphatic imine (C=N–C) groups is 1. The van der Waals surface area contributed by atoms with Gasteiger partial charge in [-0.25, -0.2) is 27.8 Å². The molecular weight excluding hydrogens is 681 g/mol. The van der Waals surface area contributed by atoms with Gasteiger partial charge in [-0.15, -0.1) is 0 Å². The Balaban J connectivity index is 1.79. The van der Waals surface area contributed by atoms with E-state index in [1.54, 1.807) is 27.7 Å². The molecule has 16 heteroatoms. The first-order chi connectivity index (χ1) is 22.8. The Morgan fingerprint density at radius 1 is 1.24 bits per heavy atom. The first-order valence-corrected chi connectivity index (χ1v) is 20.1. The van der Waals surface area contributed by atoms with Crippen molar-refractivity contribution < 1.29 is 36.6 Å². The first-order valence-electron chi connectivity index (χ1n) is 15.6. The molecule has 1 fully saturated rings. The summed E-state index contributed by atoms with van der Waals surface area (Å²) in [5.41, 5.74) is -2.27. The number of fused-ring (bicyclic) bond motifs is 1. The molecule has 0 saturated heterocycles. The molecule has 3 heterocycles.